The number of hydrogen-bond donors (Lipinski definition) is 0. The second-order valence-electron chi connectivity index (χ2n) is 4.15. The molecule has 0 N–H and O–H groups in total. The normalized spacial score (nSPS) is 17.4. The summed E-state index contributed by atoms with van der Waals surface area (Å²) in [5.74, 6) is 0.485. The maximum atomic E-state index is 12.9. The van der Waals surface area contributed by atoms with E-state index in [1.54, 1.807) is 12.1 Å². The average Bonchev–Trinajstić information content (AvgIpc) is 2.99. The third kappa shape index (κ3) is 1.96. The van der Waals surface area contributed by atoms with Gasteiger partial charge in [-0.3, -0.25) is 0 Å². The first-order valence-corrected chi connectivity index (χ1v) is 6.53. The van der Waals surface area contributed by atoms with Crippen molar-refractivity contribution in [2.45, 2.75) is 35.8 Å². The van der Waals surface area contributed by atoms with Crippen LogP contribution >= 0.6 is 0 Å². The summed E-state index contributed by atoms with van der Waals surface area (Å²) in [5.41, 5.74) is 1.03. The Morgan fingerprint density at radius 2 is 1.69 bits per heavy atom. The highest BCUT2D eigenvalue weighted by atomic mass is 32.2. The summed E-state index contributed by atoms with van der Waals surface area (Å²) in [6, 6.07) is 5.77. The summed E-state index contributed by atoms with van der Waals surface area (Å²) in [5, 5.41) is -3.73. The van der Waals surface area contributed by atoms with Gasteiger partial charge in [-0.1, -0.05) is 12.1 Å². The zero-order valence-electron chi connectivity index (χ0n) is 8.78. The van der Waals surface area contributed by atoms with Gasteiger partial charge in [-0.05, 0) is 36.5 Å². The minimum absolute atomic E-state index is 0.315. The first-order valence-electron chi connectivity index (χ1n) is 5.05. The molecule has 16 heavy (non-hydrogen) atoms. The summed E-state index contributed by atoms with van der Waals surface area (Å²) < 4.78 is 48.5. The molecule has 5 heteroatoms. The van der Waals surface area contributed by atoms with Gasteiger partial charge in [0.2, 0.25) is 9.84 Å². The van der Waals surface area contributed by atoms with Gasteiger partial charge < -0.3 is 0 Å². The Balaban J connectivity index is 2.34. The Kier molecular flexibility index (Phi) is 2.53. The van der Waals surface area contributed by atoms with Crippen LogP contribution in [0.3, 0.4) is 0 Å². The van der Waals surface area contributed by atoms with Crippen molar-refractivity contribution >= 4 is 9.84 Å². The molecule has 1 aromatic carbocycles. The highest BCUT2D eigenvalue weighted by Crippen LogP contribution is 2.40. The Morgan fingerprint density at radius 1 is 1.19 bits per heavy atom. The Hall–Kier alpha value is -0.970. The van der Waals surface area contributed by atoms with Crippen LogP contribution in [0.15, 0.2) is 29.2 Å². The van der Waals surface area contributed by atoms with Crippen LogP contribution in [0.2, 0.25) is 0 Å². The SMILES string of the molecule is CC(F)(F)S(=O)(=O)c1ccc(C2CC2)cc1. The van der Waals surface area contributed by atoms with Crippen LogP contribution < -0.4 is 0 Å². The van der Waals surface area contributed by atoms with Crippen molar-refractivity contribution in [3.63, 3.8) is 0 Å². The molecule has 0 saturated heterocycles. The molecular formula is C11H12F2O2S. The van der Waals surface area contributed by atoms with Gasteiger partial charge in [0.05, 0.1) is 4.90 Å². The molecule has 0 aromatic heterocycles. The van der Waals surface area contributed by atoms with Crippen molar-refractivity contribution in [1.29, 1.82) is 0 Å². The summed E-state index contributed by atoms with van der Waals surface area (Å²) in [4.78, 5) is -0.315. The molecule has 0 amide bonds. The highest BCUT2D eigenvalue weighted by molar-refractivity contribution is 7.92. The summed E-state index contributed by atoms with van der Waals surface area (Å²) >= 11 is 0. The lowest BCUT2D eigenvalue weighted by molar-refractivity contribution is 0.114. The second-order valence-corrected chi connectivity index (χ2v) is 6.35. The summed E-state index contributed by atoms with van der Waals surface area (Å²) in [7, 11) is -4.53. The molecule has 1 aliphatic carbocycles. The molecule has 0 heterocycles. The van der Waals surface area contributed by atoms with Crippen molar-refractivity contribution in [1.82, 2.24) is 0 Å². The first kappa shape index (κ1) is 11.5. The largest absolute Gasteiger partial charge is 0.347 e. The molecular weight excluding hydrogens is 234 g/mol. The predicted molar refractivity (Wildman–Crippen MR) is 56.2 cm³/mol. The molecule has 0 radical (unpaired) electrons. The van der Waals surface area contributed by atoms with Crippen LogP contribution in [0.1, 0.15) is 31.2 Å². The number of sulfone groups is 1. The fourth-order valence-electron chi connectivity index (χ4n) is 1.54. The molecule has 1 aliphatic rings. The van der Waals surface area contributed by atoms with E-state index in [-0.39, 0.29) is 4.90 Å². The van der Waals surface area contributed by atoms with Gasteiger partial charge in [0, 0.05) is 6.92 Å². The van der Waals surface area contributed by atoms with Gasteiger partial charge in [0.15, 0.2) is 0 Å². The van der Waals surface area contributed by atoms with Crippen molar-refractivity contribution in [2.24, 2.45) is 0 Å². The lowest BCUT2D eigenvalue weighted by Crippen LogP contribution is -2.24. The van der Waals surface area contributed by atoms with E-state index in [0.29, 0.717) is 12.8 Å². The zero-order chi connectivity index (χ0) is 12.0. The van der Waals surface area contributed by atoms with E-state index in [2.05, 4.69) is 0 Å². The fraction of sp³-hybridized carbons (Fsp3) is 0.455. The zero-order valence-corrected chi connectivity index (χ0v) is 9.60. The molecule has 0 aliphatic heterocycles. The number of rotatable bonds is 3. The van der Waals surface area contributed by atoms with Gasteiger partial charge in [0.1, 0.15) is 0 Å². The third-order valence-electron chi connectivity index (χ3n) is 2.71. The molecule has 0 bridgehead atoms. The number of benzene rings is 1. The van der Waals surface area contributed by atoms with Crippen molar-refractivity contribution in [3.8, 4) is 0 Å². The van der Waals surface area contributed by atoms with Crippen LogP contribution in [0.5, 0.6) is 0 Å². The lowest BCUT2D eigenvalue weighted by Gasteiger charge is -2.11. The summed E-state index contributed by atoms with van der Waals surface area (Å²) in [6.45, 7) is 0.400. The van der Waals surface area contributed by atoms with Crippen LogP contribution in [0, 0.1) is 0 Å². The lowest BCUT2D eigenvalue weighted by atomic mass is 10.1. The Bertz CT molecular complexity index is 482. The van der Waals surface area contributed by atoms with Crippen LogP contribution in [-0.4, -0.2) is 13.7 Å². The second kappa shape index (κ2) is 3.52. The standard InChI is InChI=1S/C11H12F2O2S/c1-11(12,13)16(14,15)10-6-4-9(5-7-10)8-2-3-8/h4-8H,2-3H2,1H3. The molecule has 1 aromatic rings. The van der Waals surface area contributed by atoms with E-state index in [4.69, 9.17) is 0 Å². The quantitative estimate of drug-likeness (QED) is 0.821. The third-order valence-corrected chi connectivity index (χ3v) is 4.55. The maximum absolute atomic E-state index is 12.9. The monoisotopic (exact) mass is 246 g/mol. The van der Waals surface area contributed by atoms with E-state index in [1.165, 1.54) is 12.1 Å². The van der Waals surface area contributed by atoms with Crippen LogP contribution in [0.25, 0.3) is 0 Å². The smallest absolute Gasteiger partial charge is 0.217 e. The van der Waals surface area contributed by atoms with Crippen LogP contribution in [0.4, 0.5) is 8.78 Å². The average molecular weight is 246 g/mol. The fourth-order valence-corrected chi connectivity index (χ4v) is 2.45. The number of hydrogen-bond acceptors (Lipinski definition) is 2. The van der Waals surface area contributed by atoms with Crippen LogP contribution in [-0.2, 0) is 9.84 Å². The number of alkyl halides is 2. The molecule has 0 atom stereocenters. The van der Waals surface area contributed by atoms with Gasteiger partial charge >= 0.3 is 5.25 Å². The van der Waals surface area contributed by atoms with Gasteiger partial charge in [0.25, 0.3) is 0 Å². The van der Waals surface area contributed by atoms with Crippen molar-refractivity contribution in [3.05, 3.63) is 29.8 Å². The van der Waals surface area contributed by atoms with E-state index < -0.39 is 15.1 Å². The maximum Gasteiger partial charge on any atom is 0.347 e. The molecule has 1 saturated carbocycles. The molecule has 0 spiro atoms. The number of halogens is 2. The van der Waals surface area contributed by atoms with Gasteiger partial charge in [-0.2, -0.15) is 8.78 Å². The Labute approximate surface area is 93.2 Å². The molecule has 88 valence electrons. The highest BCUT2D eigenvalue weighted by Gasteiger charge is 2.40. The Morgan fingerprint density at radius 3 is 2.06 bits per heavy atom. The predicted octanol–water partition coefficient (Wildman–Crippen LogP) is 2.95. The van der Waals surface area contributed by atoms with Gasteiger partial charge in [-0.25, -0.2) is 8.42 Å². The minimum atomic E-state index is -4.53. The van der Waals surface area contributed by atoms with E-state index >= 15 is 0 Å². The molecule has 0 unspecified atom stereocenters. The van der Waals surface area contributed by atoms with E-state index in [1.807, 2.05) is 0 Å². The van der Waals surface area contributed by atoms with Crippen molar-refractivity contribution in [2.75, 3.05) is 0 Å². The van der Waals surface area contributed by atoms with Crippen molar-refractivity contribution < 1.29 is 17.2 Å². The molecule has 2 nitrogen and oxygen atoms in total. The summed E-state index contributed by atoms with van der Waals surface area (Å²) in [6.07, 6.45) is 2.19. The van der Waals surface area contributed by atoms with Gasteiger partial charge in [-0.15, -0.1) is 0 Å². The topological polar surface area (TPSA) is 34.1 Å². The molecule has 2 rings (SSSR count). The van der Waals surface area contributed by atoms with E-state index in [9.17, 15) is 17.2 Å². The van der Waals surface area contributed by atoms with E-state index in [0.717, 1.165) is 18.4 Å². The molecule has 1 fully saturated rings. The first-order chi connectivity index (χ1) is 7.32. The minimum Gasteiger partial charge on any atom is -0.217 e.